The number of aromatic nitrogens is 16. The Morgan fingerprint density at radius 2 is 0.701 bits per heavy atom. The van der Waals surface area contributed by atoms with E-state index in [1.54, 1.807) is 108 Å². The van der Waals surface area contributed by atoms with Crippen LogP contribution in [0.5, 0.6) is 0 Å². The van der Waals surface area contributed by atoms with Crippen molar-refractivity contribution in [1.29, 1.82) is 0 Å². The fraction of sp³-hybridized carbons (Fsp3) is 0.185. The number of aryl methyl sites for hydroxylation is 8. The lowest BCUT2D eigenvalue weighted by molar-refractivity contribution is 0.0997. The van der Waals surface area contributed by atoms with Gasteiger partial charge in [-0.3, -0.25) is 62.5 Å². The van der Waals surface area contributed by atoms with Crippen LogP contribution in [-0.2, 0) is 77.5 Å². The number of nitrogens with one attached hydrogen (secondary N) is 8. The van der Waals surface area contributed by atoms with E-state index >= 15 is 4.39 Å². The number of carbonyl (C=O) groups is 4. The molecule has 0 amide bonds. The molecule has 0 spiro atoms. The van der Waals surface area contributed by atoms with E-state index in [9.17, 15) is 57.5 Å². The molecule has 0 radical (unpaired) electrons. The number of H-pyrrole nitrogens is 8. The fourth-order valence-electron chi connectivity index (χ4n) is 21.1. The number of benzene rings is 6. The molecule has 0 saturated carbocycles. The lowest BCUT2D eigenvalue weighted by Gasteiger charge is -2.13. The lowest BCUT2D eigenvalue weighted by atomic mass is 9.99. The summed E-state index contributed by atoms with van der Waals surface area (Å²) in [6.45, 7) is 7.00. The Morgan fingerprint density at radius 1 is 0.328 bits per heavy atom. The Kier molecular flexibility index (Phi) is 22.2. The van der Waals surface area contributed by atoms with Crippen molar-refractivity contribution in [3.8, 4) is 44.5 Å². The van der Waals surface area contributed by atoms with E-state index in [4.69, 9.17) is 0 Å². The Bertz CT molecular complexity index is 8840. The molecular weight excluding hydrogens is 1730 g/mol. The number of hydrogen-bond donors (Lipinski definition) is 8. The SMILES string of the molecule is CC(=O)c1c(-c2ccc[nH]c2=O)c2cc3c(cc2n1Cc1cc(=O)[nH]c2ccccc12)CCC3.CC(=O)c1c(-c2ccc[nH]c2=O)c2cc3c(cc2n1Cc1cc(=O)[nH]c2cccnc12)CCC3.CC(=O)c1c(-c2ccc[nH]c2=O)c2cc3c(cc2n1Cc1cc2c(=O)[nH]cnc2cc1F)CCC3.CC(=O)c1c(-c2ccc[nH]c2=O)c2cc3c(cc2n1Cc1cnc2nc[nH]c(=O)c2c1)CCC3. The summed E-state index contributed by atoms with van der Waals surface area (Å²) in [6, 6.07) is 49.9. The molecule has 28 nitrogen and oxygen atoms in total. The van der Waals surface area contributed by atoms with Crippen molar-refractivity contribution >= 4 is 111 Å². The first-order valence-electron chi connectivity index (χ1n) is 45.5. The predicted molar refractivity (Wildman–Crippen MR) is 526 cm³/mol. The second-order valence-electron chi connectivity index (χ2n) is 35.5. The average molecular weight is 1820 g/mol. The summed E-state index contributed by atoms with van der Waals surface area (Å²) in [4.78, 5) is 192. The normalized spacial score (nSPS) is 13.0. The lowest BCUT2D eigenvalue weighted by Crippen LogP contribution is -2.14. The van der Waals surface area contributed by atoms with Gasteiger partial charge in [0.15, 0.2) is 28.8 Å². The highest BCUT2D eigenvalue weighted by Crippen LogP contribution is 2.45. The highest BCUT2D eigenvalue weighted by atomic mass is 19.1. The molecule has 678 valence electrons. The van der Waals surface area contributed by atoms with Gasteiger partial charge in [0, 0.05) is 206 Å². The molecule has 0 unspecified atom stereocenters. The van der Waals surface area contributed by atoms with Gasteiger partial charge < -0.3 is 58.1 Å². The van der Waals surface area contributed by atoms with Crippen molar-refractivity contribution in [3.63, 3.8) is 0 Å². The van der Waals surface area contributed by atoms with Crippen molar-refractivity contribution < 1.29 is 23.6 Å². The van der Waals surface area contributed by atoms with E-state index in [-0.39, 0.29) is 97.2 Å². The number of halogens is 1. The second-order valence-corrected chi connectivity index (χ2v) is 35.5. The van der Waals surface area contributed by atoms with E-state index < -0.39 is 5.82 Å². The zero-order valence-electron chi connectivity index (χ0n) is 74.9. The summed E-state index contributed by atoms with van der Waals surface area (Å²) in [5.74, 6) is -1.16. The third-order valence-corrected chi connectivity index (χ3v) is 27.0. The standard InChI is InChI=1S/C28H23N3O3.C27H21FN4O3.C27H22N4O3.C26H21N5O3/c1-16(32)27-26(21-9-5-11-29-28(21)34)22-12-17-6-4-7-18(17)13-24(22)31(27)15-19-14-25(33)30-23-10-3-2-8-20(19)23;1-14(33)25-24(18-6-3-7-29-26(18)34)20-8-15-4-2-5-16(15)10-23(20)32(25)12-17-9-19-22(11-21(17)28)30-13-31-27(19)35;1-15(32)26-24(19-7-3-10-29-27(19)34)20-11-16-5-2-6-17(16)12-22(20)31(26)14-18-13-23(33)30-21-8-4-9-28-25(18)21;1-14(32)23-22(18-6-3-7-27-25(18)33)19-9-16-4-2-5-17(16)10-21(19)31(23)12-15-8-20-24(28-11-15)29-13-30-26(20)34/h2-3,5,8-14H,4,6-7,15H2,1H3,(H,29,34)(H,30,33);3,6-11,13H,2,4-5,12H2,1H3,(H,29,34)(H,30,31,35);3-4,7-13H,2,5-6,14H2,1H3,(H,29,34)(H,30,33);3,6-11,13H,2,4-5,12H2,1H3,(H,27,33)(H,28,29,30,34). The first-order chi connectivity index (χ1) is 66.4. The van der Waals surface area contributed by atoms with Gasteiger partial charge in [0.1, 0.15) is 5.82 Å². The summed E-state index contributed by atoms with van der Waals surface area (Å²) in [7, 11) is 0. The summed E-state index contributed by atoms with van der Waals surface area (Å²) >= 11 is 0. The Morgan fingerprint density at radius 3 is 1.13 bits per heavy atom. The summed E-state index contributed by atoms with van der Waals surface area (Å²) in [6.07, 6.45) is 24.4. The van der Waals surface area contributed by atoms with Gasteiger partial charge in [0.25, 0.3) is 33.4 Å². The van der Waals surface area contributed by atoms with Gasteiger partial charge in [-0.15, -0.1) is 0 Å². The number of pyridine rings is 8. The summed E-state index contributed by atoms with van der Waals surface area (Å²) < 4.78 is 22.8. The number of nitrogens with zero attached hydrogens (tertiary/aromatic N) is 8. The molecule has 4 aliphatic rings. The number of ketones is 4. The maximum absolute atomic E-state index is 15.2. The molecule has 0 fully saturated rings. The monoisotopic (exact) mass is 1820 g/mol. The van der Waals surface area contributed by atoms with Crippen LogP contribution in [0, 0.1) is 5.82 Å². The van der Waals surface area contributed by atoms with Crippen molar-refractivity contribution in [3.05, 3.63) is 392 Å². The van der Waals surface area contributed by atoms with Crippen LogP contribution >= 0.6 is 0 Å². The molecule has 0 saturated heterocycles. The largest absolute Gasteiger partial charge is 0.333 e. The van der Waals surface area contributed by atoms with E-state index in [1.165, 1.54) is 103 Å². The third-order valence-electron chi connectivity index (χ3n) is 27.0. The first kappa shape index (κ1) is 86.6. The topological polar surface area (TPSA) is 402 Å². The molecule has 0 aliphatic heterocycles. The third kappa shape index (κ3) is 15.7. The number of hydrogen-bond acceptors (Lipinski definition) is 16. The van der Waals surface area contributed by atoms with Crippen LogP contribution in [0.3, 0.4) is 0 Å². The van der Waals surface area contributed by atoms with Crippen molar-refractivity contribution in [1.82, 2.24) is 78.1 Å². The molecule has 4 aliphatic carbocycles. The molecular formula is C108H87FN16O12. The van der Waals surface area contributed by atoms with Crippen LogP contribution in [0.25, 0.3) is 132 Å². The molecule has 0 bridgehead atoms. The quantitative estimate of drug-likeness (QED) is 0.0417. The minimum absolute atomic E-state index is 0.0189. The van der Waals surface area contributed by atoms with Crippen LogP contribution in [-0.4, -0.2) is 101 Å². The van der Waals surface area contributed by atoms with Gasteiger partial charge in [0.05, 0.1) is 75.8 Å². The zero-order chi connectivity index (χ0) is 94.5. The number of carbonyl (C=O) groups excluding carboxylic acids is 4. The van der Waals surface area contributed by atoms with Crippen molar-refractivity contribution in [2.24, 2.45) is 0 Å². The number of Topliss-reactive ketones (excluding diaryl/α,β-unsaturated/α-hetero) is 4. The van der Waals surface area contributed by atoms with Gasteiger partial charge in [-0.25, -0.2) is 19.3 Å². The molecule has 20 aromatic rings. The molecule has 29 heteroatoms. The van der Waals surface area contributed by atoms with Crippen LogP contribution in [0.4, 0.5) is 4.39 Å². The molecule has 6 aromatic carbocycles. The van der Waals surface area contributed by atoms with E-state index in [0.29, 0.717) is 108 Å². The first-order valence-corrected chi connectivity index (χ1v) is 45.5. The number of rotatable bonds is 16. The average Bonchev–Trinajstić information content (AvgIpc) is 1.59. The van der Waals surface area contributed by atoms with Gasteiger partial charge in [-0.05, 0) is 260 Å². The Balaban J connectivity index is 0.000000109. The van der Waals surface area contributed by atoms with Gasteiger partial charge in [0.2, 0.25) is 11.1 Å². The van der Waals surface area contributed by atoms with Crippen molar-refractivity contribution in [2.45, 2.75) is 131 Å². The molecule has 0 atom stereocenters. The molecule has 14 aromatic heterocycles. The molecule has 24 rings (SSSR count). The highest BCUT2D eigenvalue weighted by molar-refractivity contribution is 6.15. The predicted octanol–water partition coefficient (Wildman–Crippen LogP) is 16.0. The Hall–Kier alpha value is -17.1. The van der Waals surface area contributed by atoms with Gasteiger partial charge in [-0.1, -0.05) is 18.2 Å². The molecule has 137 heavy (non-hydrogen) atoms. The van der Waals surface area contributed by atoms with Gasteiger partial charge in [-0.2, -0.15) is 0 Å². The molecule has 14 heterocycles. The van der Waals surface area contributed by atoms with Crippen LogP contribution in [0.15, 0.2) is 252 Å². The Labute approximate surface area is 775 Å². The van der Waals surface area contributed by atoms with Crippen LogP contribution in [0.1, 0.15) is 162 Å². The second kappa shape index (κ2) is 35.1. The number of para-hydroxylation sites is 1. The van der Waals surface area contributed by atoms with Crippen LogP contribution < -0.4 is 44.5 Å². The number of fused-ring (bicyclic) bond motifs is 12. The van der Waals surface area contributed by atoms with E-state index in [2.05, 4.69) is 108 Å². The fourth-order valence-corrected chi connectivity index (χ4v) is 21.1. The van der Waals surface area contributed by atoms with Gasteiger partial charge >= 0.3 is 0 Å². The molecule has 8 N–H and O–H groups in total. The zero-order valence-corrected chi connectivity index (χ0v) is 74.9. The maximum Gasteiger partial charge on any atom is 0.260 e. The van der Waals surface area contributed by atoms with E-state index in [1.807, 2.05) is 44.0 Å². The minimum Gasteiger partial charge on any atom is -0.333 e. The minimum atomic E-state index is -0.521. The van der Waals surface area contributed by atoms with E-state index in [0.717, 1.165) is 143 Å². The summed E-state index contributed by atoms with van der Waals surface area (Å²) in [5, 5.41) is 5.04. The van der Waals surface area contributed by atoms with Crippen molar-refractivity contribution in [2.75, 3.05) is 0 Å². The highest BCUT2D eigenvalue weighted by Gasteiger charge is 2.33. The smallest absolute Gasteiger partial charge is 0.260 e. The number of aromatic amines is 8. The maximum atomic E-state index is 15.2. The summed E-state index contributed by atoms with van der Waals surface area (Å²) in [5.41, 5.74) is 22.7. The van der Waals surface area contributed by atoms with Crippen LogP contribution in [0.2, 0.25) is 0 Å².